The minimum absolute atomic E-state index is 0.00896. The molecule has 0 aromatic rings. The molecule has 0 aromatic carbocycles. The van der Waals surface area contributed by atoms with Gasteiger partial charge >= 0.3 is 5.97 Å². The fourth-order valence-electron chi connectivity index (χ4n) is 9.28. The van der Waals surface area contributed by atoms with E-state index in [1.165, 1.54) is 295 Å². The van der Waals surface area contributed by atoms with Crippen LogP contribution < -0.4 is 0 Å². The Bertz CT molecular complexity index is 766. The highest BCUT2D eigenvalue weighted by atomic mass is 16.5. The summed E-state index contributed by atoms with van der Waals surface area (Å²) in [6.07, 6.45) is 70.2. The van der Waals surface area contributed by atoms with E-state index in [9.17, 15) is 9.90 Å². The number of carbonyl (C=O) groups is 1. The molecule has 0 saturated heterocycles. The number of ether oxygens (including phenoxy) is 1. The minimum Gasteiger partial charge on any atom is -0.466 e. The number of rotatable bonds is 54. The van der Waals surface area contributed by atoms with E-state index in [1.807, 2.05) is 0 Å². The lowest BCUT2D eigenvalue weighted by Gasteiger charge is -2.10. The van der Waals surface area contributed by atoms with Crippen molar-refractivity contribution in [2.45, 2.75) is 354 Å². The quantitative estimate of drug-likeness (QED) is 0.0490. The van der Waals surface area contributed by atoms with Crippen molar-refractivity contribution in [2.75, 3.05) is 6.61 Å². The summed E-state index contributed by atoms with van der Waals surface area (Å²) in [6, 6.07) is 0. The number of carbonyl (C=O) groups excluding carboxylic acids is 1. The summed E-state index contributed by atoms with van der Waals surface area (Å²) in [5, 5.41) is 10.1. The van der Waals surface area contributed by atoms with Crippen molar-refractivity contribution in [3.63, 3.8) is 0 Å². The van der Waals surface area contributed by atoms with Crippen molar-refractivity contribution in [3.8, 4) is 0 Å². The number of aliphatic hydroxyl groups excluding tert-OH is 1. The van der Waals surface area contributed by atoms with E-state index >= 15 is 0 Å². The SMILES string of the molecule is CCCCCCCCCCCCCCCCCCCCCCCCCCCCCCCCCCCCCCCOC(=O)CCCCCCCCCCC(O)CCCCCC. The first-order valence-electron chi connectivity index (χ1n) is 28.5. The molecule has 0 aliphatic rings. The normalized spacial score (nSPS) is 12.1. The summed E-state index contributed by atoms with van der Waals surface area (Å²) in [5.41, 5.74) is 0. The molecule has 0 bridgehead atoms. The number of hydrogen-bond donors (Lipinski definition) is 1. The summed E-state index contributed by atoms with van der Waals surface area (Å²) >= 11 is 0. The molecule has 0 spiro atoms. The van der Waals surface area contributed by atoms with E-state index in [0.717, 1.165) is 32.1 Å². The fraction of sp³-hybridized carbons (Fsp3) is 0.982. The zero-order valence-electron chi connectivity index (χ0n) is 41.8. The van der Waals surface area contributed by atoms with Crippen molar-refractivity contribution >= 4 is 5.97 Å². The maximum absolute atomic E-state index is 12.0. The van der Waals surface area contributed by atoms with Gasteiger partial charge < -0.3 is 9.84 Å². The van der Waals surface area contributed by atoms with E-state index in [4.69, 9.17) is 4.74 Å². The van der Waals surface area contributed by atoms with E-state index in [1.54, 1.807) is 0 Å². The molecule has 0 aliphatic carbocycles. The third kappa shape index (κ3) is 53.6. The fourth-order valence-corrected chi connectivity index (χ4v) is 9.28. The van der Waals surface area contributed by atoms with Gasteiger partial charge in [-0.2, -0.15) is 0 Å². The molecule has 60 heavy (non-hydrogen) atoms. The molecule has 3 nitrogen and oxygen atoms in total. The molecule has 1 N–H and O–H groups in total. The molecule has 0 heterocycles. The van der Waals surface area contributed by atoms with Crippen molar-refractivity contribution in [1.82, 2.24) is 0 Å². The molecular formula is C57H114O3. The van der Waals surface area contributed by atoms with E-state index in [-0.39, 0.29) is 12.1 Å². The van der Waals surface area contributed by atoms with Gasteiger partial charge in [0.15, 0.2) is 0 Å². The van der Waals surface area contributed by atoms with Gasteiger partial charge in [0.2, 0.25) is 0 Å². The van der Waals surface area contributed by atoms with Gasteiger partial charge in [0, 0.05) is 6.42 Å². The average molecular weight is 848 g/mol. The van der Waals surface area contributed by atoms with Gasteiger partial charge in [0.05, 0.1) is 12.7 Å². The van der Waals surface area contributed by atoms with Crippen molar-refractivity contribution in [3.05, 3.63) is 0 Å². The summed E-state index contributed by atoms with van der Waals surface area (Å²) in [4.78, 5) is 12.0. The summed E-state index contributed by atoms with van der Waals surface area (Å²) < 4.78 is 5.48. The van der Waals surface area contributed by atoms with Crippen LogP contribution in [-0.2, 0) is 9.53 Å². The van der Waals surface area contributed by atoms with Crippen LogP contribution in [0.15, 0.2) is 0 Å². The molecule has 0 aliphatic heterocycles. The Balaban J connectivity index is 3.15. The van der Waals surface area contributed by atoms with Crippen LogP contribution in [-0.4, -0.2) is 23.8 Å². The van der Waals surface area contributed by atoms with Gasteiger partial charge in [-0.1, -0.05) is 316 Å². The molecule has 0 amide bonds. The molecule has 0 saturated carbocycles. The van der Waals surface area contributed by atoms with Gasteiger partial charge in [-0.25, -0.2) is 0 Å². The highest BCUT2D eigenvalue weighted by Crippen LogP contribution is 2.19. The summed E-state index contributed by atoms with van der Waals surface area (Å²) in [6.45, 7) is 5.16. The molecule has 0 rings (SSSR count). The lowest BCUT2D eigenvalue weighted by Crippen LogP contribution is -2.06. The monoisotopic (exact) mass is 847 g/mol. The van der Waals surface area contributed by atoms with Crippen molar-refractivity contribution in [1.29, 1.82) is 0 Å². The predicted molar refractivity (Wildman–Crippen MR) is 268 cm³/mol. The van der Waals surface area contributed by atoms with Crippen LogP contribution in [0.3, 0.4) is 0 Å². The smallest absolute Gasteiger partial charge is 0.305 e. The Hall–Kier alpha value is -0.570. The van der Waals surface area contributed by atoms with Crippen LogP contribution in [0, 0.1) is 0 Å². The van der Waals surface area contributed by atoms with Gasteiger partial charge in [0.1, 0.15) is 0 Å². The van der Waals surface area contributed by atoms with Crippen molar-refractivity contribution < 1.29 is 14.6 Å². The predicted octanol–water partition coefficient (Wildman–Crippen LogP) is 20.2. The van der Waals surface area contributed by atoms with Gasteiger partial charge in [0.25, 0.3) is 0 Å². The Morgan fingerprint density at radius 3 is 0.767 bits per heavy atom. The first-order valence-corrected chi connectivity index (χ1v) is 28.5. The number of hydrogen-bond acceptors (Lipinski definition) is 3. The minimum atomic E-state index is -0.0799. The third-order valence-corrected chi connectivity index (χ3v) is 13.6. The maximum Gasteiger partial charge on any atom is 0.305 e. The number of aliphatic hydroxyl groups is 1. The highest BCUT2D eigenvalue weighted by molar-refractivity contribution is 5.69. The molecule has 360 valence electrons. The van der Waals surface area contributed by atoms with Gasteiger partial charge in [-0.05, 0) is 25.7 Å². The summed E-state index contributed by atoms with van der Waals surface area (Å²) in [7, 11) is 0. The topological polar surface area (TPSA) is 46.5 Å². The van der Waals surface area contributed by atoms with Crippen LogP contribution in [0.5, 0.6) is 0 Å². The molecule has 1 atom stereocenters. The molecule has 3 heteroatoms. The zero-order valence-corrected chi connectivity index (χ0v) is 41.8. The standard InChI is InChI=1S/C57H114O3/c1-3-5-7-9-10-11-12-13-14-15-16-17-18-19-20-21-22-23-24-25-26-27-28-29-30-31-32-33-34-35-36-37-38-41-44-47-51-55-60-57(59)54-50-46-43-40-39-42-45-49-53-56(58)52-48-8-6-4-2/h56,58H,3-55H2,1-2H3. The van der Waals surface area contributed by atoms with Crippen LogP contribution in [0.25, 0.3) is 0 Å². The average Bonchev–Trinajstić information content (AvgIpc) is 3.25. The first kappa shape index (κ1) is 59.4. The Labute approximate surface area is 379 Å². The van der Waals surface area contributed by atoms with E-state index in [0.29, 0.717) is 13.0 Å². The Morgan fingerprint density at radius 2 is 0.500 bits per heavy atom. The number of unbranched alkanes of at least 4 members (excludes halogenated alkanes) is 46. The van der Waals surface area contributed by atoms with Crippen LogP contribution in [0.1, 0.15) is 348 Å². The molecule has 1 unspecified atom stereocenters. The first-order chi connectivity index (χ1) is 29.7. The second-order valence-corrected chi connectivity index (χ2v) is 19.8. The third-order valence-electron chi connectivity index (χ3n) is 13.6. The lowest BCUT2D eigenvalue weighted by molar-refractivity contribution is -0.143. The second kappa shape index (κ2) is 54.6. The Morgan fingerprint density at radius 1 is 0.300 bits per heavy atom. The highest BCUT2D eigenvalue weighted by Gasteiger charge is 2.05. The van der Waals surface area contributed by atoms with Gasteiger partial charge in [-0.15, -0.1) is 0 Å². The second-order valence-electron chi connectivity index (χ2n) is 19.8. The number of esters is 1. The summed E-state index contributed by atoms with van der Waals surface area (Å²) in [5.74, 6) is 0.00896. The molecule has 0 aromatic heterocycles. The van der Waals surface area contributed by atoms with Crippen LogP contribution in [0.2, 0.25) is 0 Å². The van der Waals surface area contributed by atoms with Crippen LogP contribution in [0.4, 0.5) is 0 Å². The Kier molecular flexibility index (Phi) is 54.0. The maximum atomic E-state index is 12.0. The lowest BCUT2D eigenvalue weighted by atomic mass is 10.0. The van der Waals surface area contributed by atoms with Gasteiger partial charge in [-0.3, -0.25) is 4.79 Å². The van der Waals surface area contributed by atoms with Crippen LogP contribution >= 0.6 is 0 Å². The zero-order chi connectivity index (χ0) is 43.3. The molecular weight excluding hydrogens is 733 g/mol. The van der Waals surface area contributed by atoms with Crippen molar-refractivity contribution in [2.24, 2.45) is 0 Å². The van der Waals surface area contributed by atoms with E-state index < -0.39 is 0 Å². The molecule has 0 radical (unpaired) electrons. The largest absolute Gasteiger partial charge is 0.466 e. The van der Waals surface area contributed by atoms with E-state index in [2.05, 4.69) is 13.8 Å². The molecule has 0 fully saturated rings.